The zero-order chi connectivity index (χ0) is 15.7. The maximum atomic E-state index is 13.0. The fourth-order valence-corrected chi connectivity index (χ4v) is 2.12. The molecule has 0 amide bonds. The number of pyridine rings is 1. The van der Waals surface area contributed by atoms with E-state index in [1.807, 2.05) is 19.9 Å². The van der Waals surface area contributed by atoms with E-state index in [0.29, 0.717) is 16.9 Å². The summed E-state index contributed by atoms with van der Waals surface area (Å²) in [5, 5.41) is 0.671. The van der Waals surface area contributed by atoms with Crippen molar-refractivity contribution >= 4 is 17.0 Å². The molecule has 0 bridgehead atoms. The highest BCUT2D eigenvalue weighted by atomic mass is 19.1. The Labute approximate surface area is 127 Å². The number of nitrogen functional groups attached to an aromatic ring is 1. The topological polar surface area (TPSA) is 73.9 Å². The molecule has 2 N–H and O–H groups in total. The summed E-state index contributed by atoms with van der Waals surface area (Å²) in [7, 11) is 0. The Morgan fingerprint density at radius 3 is 2.50 bits per heavy atom. The first-order chi connectivity index (χ1) is 10.5. The number of ether oxygens (including phenoxy) is 1. The molecule has 2 heterocycles. The summed E-state index contributed by atoms with van der Waals surface area (Å²) in [5.41, 5.74) is 7.83. The maximum Gasteiger partial charge on any atom is 0.228 e. The van der Waals surface area contributed by atoms with Crippen LogP contribution in [0.5, 0.6) is 5.88 Å². The average molecular weight is 298 g/mol. The zero-order valence-electron chi connectivity index (χ0n) is 12.2. The number of aromatic nitrogens is 3. The van der Waals surface area contributed by atoms with Crippen molar-refractivity contribution in [3.8, 4) is 17.0 Å². The Kier molecular flexibility index (Phi) is 3.58. The molecule has 1 aromatic carbocycles. The molecule has 0 radical (unpaired) electrons. The Morgan fingerprint density at radius 2 is 1.82 bits per heavy atom. The second-order valence-electron chi connectivity index (χ2n) is 5.16. The van der Waals surface area contributed by atoms with Crippen LogP contribution in [0.25, 0.3) is 22.2 Å². The Hall–Kier alpha value is -2.76. The van der Waals surface area contributed by atoms with E-state index < -0.39 is 0 Å². The standard InChI is InChI=1S/C16H15FN4O/c1-9(2)22-15-13-7-11(10-3-5-12(17)6-4-10)8-19-14(13)20-16(18)21-15/h3-9H,1-2H3,(H2,18,19,20,21). The van der Waals surface area contributed by atoms with Gasteiger partial charge in [-0.1, -0.05) is 12.1 Å². The lowest BCUT2D eigenvalue weighted by Gasteiger charge is -2.12. The predicted octanol–water partition coefficient (Wildman–Crippen LogP) is 3.20. The van der Waals surface area contributed by atoms with Gasteiger partial charge >= 0.3 is 0 Å². The van der Waals surface area contributed by atoms with Gasteiger partial charge in [-0.3, -0.25) is 0 Å². The molecule has 5 nitrogen and oxygen atoms in total. The lowest BCUT2D eigenvalue weighted by atomic mass is 10.1. The number of fused-ring (bicyclic) bond motifs is 1. The zero-order valence-corrected chi connectivity index (χ0v) is 12.2. The van der Waals surface area contributed by atoms with Crippen molar-refractivity contribution in [1.29, 1.82) is 0 Å². The van der Waals surface area contributed by atoms with Gasteiger partial charge in [0.2, 0.25) is 11.8 Å². The molecule has 22 heavy (non-hydrogen) atoms. The van der Waals surface area contributed by atoms with Gasteiger partial charge in [-0.15, -0.1) is 0 Å². The molecule has 0 spiro atoms. The number of hydrogen-bond acceptors (Lipinski definition) is 5. The van der Waals surface area contributed by atoms with Gasteiger partial charge in [0.15, 0.2) is 5.65 Å². The molecule has 0 saturated heterocycles. The van der Waals surface area contributed by atoms with Crippen molar-refractivity contribution in [2.75, 3.05) is 5.73 Å². The van der Waals surface area contributed by atoms with Crippen molar-refractivity contribution < 1.29 is 9.13 Å². The number of rotatable bonds is 3. The molecule has 0 atom stereocenters. The number of benzene rings is 1. The van der Waals surface area contributed by atoms with Crippen LogP contribution in [0, 0.1) is 5.82 Å². The van der Waals surface area contributed by atoms with E-state index in [2.05, 4.69) is 15.0 Å². The van der Waals surface area contributed by atoms with Crippen LogP contribution in [0.4, 0.5) is 10.3 Å². The normalized spacial score (nSPS) is 11.1. The molecule has 0 saturated carbocycles. The highest BCUT2D eigenvalue weighted by Gasteiger charge is 2.12. The van der Waals surface area contributed by atoms with E-state index in [-0.39, 0.29) is 17.9 Å². The molecule has 0 aliphatic heterocycles. The predicted molar refractivity (Wildman–Crippen MR) is 82.9 cm³/mol. The molecule has 0 aliphatic rings. The van der Waals surface area contributed by atoms with Crippen molar-refractivity contribution in [3.63, 3.8) is 0 Å². The first kappa shape index (κ1) is 14.2. The monoisotopic (exact) mass is 298 g/mol. The van der Waals surface area contributed by atoms with Crippen LogP contribution >= 0.6 is 0 Å². The minimum absolute atomic E-state index is 0.0491. The van der Waals surface area contributed by atoms with Crippen molar-refractivity contribution in [1.82, 2.24) is 15.0 Å². The first-order valence-electron chi connectivity index (χ1n) is 6.89. The number of nitrogens with zero attached hydrogens (tertiary/aromatic N) is 3. The number of anilines is 1. The van der Waals surface area contributed by atoms with Gasteiger partial charge in [0, 0.05) is 11.8 Å². The first-order valence-corrected chi connectivity index (χ1v) is 6.89. The van der Waals surface area contributed by atoms with Crippen molar-refractivity contribution in [3.05, 3.63) is 42.3 Å². The minimum Gasteiger partial charge on any atom is -0.474 e. The summed E-state index contributed by atoms with van der Waals surface area (Å²) in [6, 6.07) is 8.07. The largest absolute Gasteiger partial charge is 0.474 e. The summed E-state index contributed by atoms with van der Waals surface area (Å²) < 4.78 is 18.7. The molecule has 3 rings (SSSR count). The highest BCUT2D eigenvalue weighted by molar-refractivity contribution is 5.85. The van der Waals surface area contributed by atoms with Crippen LogP contribution < -0.4 is 10.5 Å². The molecule has 3 aromatic rings. The fraction of sp³-hybridized carbons (Fsp3) is 0.188. The highest BCUT2D eigenvalue weighted by Crippen LogP contribution is 2.28. The van der Waals surface area contributed by atoms with E-state index in [0.717, 1.165) is 11.1 Å². The summed E-state index contributed by atoms with van der Waals surface area (Å²) in [5.74, 6) is 0.233. The van der Waals surface area contributed by atoms with E-state index in [9.17, 15) is 4.39 Å². The Balaban J connectivity index is 2.15. The van der Waals surface area contributed by atoms with Crippen LogP contribution in [0.1, 0.15) is 13.8 Å². The van der Waals surface area contributed by atoms with Gasteiger partial charge in [-0.05, 0) is 37.6 Å². The molecular weight excluding hydrogens is 283 g/mol. The summed E-state index contributed by atoms with van der Waals surface area (Å²) in [4.78, 5) is 12.5. The molecule has 112 valence electrons. The minimum atomic E-state index is -0.280. The van der Waals surface area contributed by atoms with E-state index in [1.54, 1.807) is 18.3 Å². The van der Waals surface area contributed by atoms with Crippen LogP contribution in [-0.4, -0.2) is 21.1 Å². The average Bonchev–Trinajstić information content (AvgIpc) is 2.47. The summed E-state index contributed by atoms with van der Waals surface area (Å²) in [6.45, 7) is 3.81. The molecule has 0 fully saturated rings. The summed E-state index contributed by atoms with van der Waals surface area (Å²) in [6.07, 6.45) is 1.62. The fourth-order valence-electron chi connectivity index (χ4n) is 2.12. The second-order valence-corrected chi connectivity index (χ2v) is 5.16. The van der Waals surface area contributed by atoms with Gasteiger partial charge in [0.25, 0.3) is 0 Å². The maximum absolute atomic E-state index is 13.0. The lowest BCUT2D eigenvalue weighted by molar-refractivity contribution is 0.236. The van der Waals surface area contributed by atoms with E-state index in [1.165, 1.54) is 12.1 Å². The number of nitrogens with two attached hydrogens (primary N) is 1. The number of hydrogen-bond donors (Lipinski definition) is 1. The lowest BCUT2D eigenvalue weighted by Crippen LogP contribution is -2.09. The molecule has 0 aliphatic carbocycles. The van der Waals surface area contributed by atoms with E-state index >= 15 is 0 Å². The molecular formula is C16H15FN4O. The van der Waals surface area contributed by atoms with E-state index in [4.69, 9.17) is 10.5 Å². The van der Waals surface area contributed by atoms with Gasteiger partial charge in [0.05, 0.1) is 11.5 Å². The van der Waals surface area contributed by atoms with Gasteiger partial charge < -0.3 is 10.5 Å². The third-order valence-electron chi connectivity index (χ3n) is 3.06. The quantitative estimate of drug-likeness (QED) is 0.803. The third kappa shape index (κ3) is 2.81. The van der Waals surface area contributed by atoms with Crippen LogP contribution in [0.15, 0.2) is 36.5 Å². The van der Waals surface area contributed by atoms with Gasteiger partial charge in [0.1, 0.15) is 5.82 Å². The Morgan fingerprint density at radius 1 is 1.09 bits per heavy atom. The second kappa shape index (κ2) is 5.55. The third-order valence-corrected chi connectivity index (χ3v) is 3.06. The van der Waals surface area contributed by atoms with Crippen molar-refractivity contribution in [2.24, 2.45) is 0 Å². The summed E-state index contributed by atoms with van der Waals surface area (Å²) >= 11 is 0. The smallest absolute Gasteiger partial charge is 0.228 e. The molecule has 6 heteroatoms. The molecule has 0 unspecified atom stereocenters. The van der Waals surface area contributed by atoms with Crippen molar-refractivity contribution in [2.45, 2.75) is 20.0 Å². The van der Waals surface area contributed by atoms with Crippen LogP contribution in [0.2, 0.25) is 0 Å². The Bertz CT molecular complexity index is 818. The van der Waals surface area contributed by atoms with Crippen LogP contribution in [0.3, 0.4) is 0 Å². The van der Waals surface area contributed by atoms with Gasteiger partial charge in [-0.25, -0.2) is 9.37 Å². The molecule has 2 aromatic heterocycles. The number of halogens is 1. The van der Waals surface area contributed by atoms with Crippen LogP contribution in [-0.2, 0) is 0 Å². The van der Waals surface area contributed by atoms with Gasteiger partial charge in [-0.2, -0.15) is 9.97 Å². The SMILES string of the molecule is CC(C)Oc1nc(N)nc2ncc(-c3ccc(F)cc3)cc12.